The summed E-state index contributed by atoms with van der Waals surface area (Å²) in [6.45, 7) is 0.250. The maximum Gasteiger partial charge on any atom is 0.333 e. The van der Waals surface area contributed by atoms with Crippen LogP contribution >= 0.6 is 0 Å². The van der Waals surface area contributed by atoms with E-state index < -0.39 is 34.5 Å². The minimum absolute atomic E-state index is 0.222. The lowest BCUT2D eigenvalue weighted by atomic mass is 10.1. The van der Waals surface area contributed by atoms with Crippen LogP contribution in [0.5, 0.6) is 0 Å². The van der Waals surface area contributed by atoms with Crippen molar-refractivity contribution in [2.75, 3.05) is 23.4 Å². The molecular formula is C20H24N4O6S. The standard InChI is InChI=1S/C20H24N4O6S/c21-31(28,29)30-11-13-9-15(19(26)18(13)25)23-14-5-7-22-16(10-14)20(27)24-8-6-12-3-1-2-4-17(12)24/h1-5,7,10,13,15,18-19,25-26H,6,8-9,11H2,(H,22,23)(H2,21,28,29)/t13-,15-,18-,19+/m1/s1. The van der Waals surface area contributed by atoms with Gasteiger partial charge in [0, 0.05) is 30.0 Å². The van der Waals surface area contributed by atoms with Gasteiger partial charge in [-0.25, -0.2) is 5.14 Å². The average Bonchev–Trinajstić information content (AvgIpc) is 3.28. The molecule has 1 amide bonds. The summed E-state index contributed by atoms with van der Waals surface area (Å²) in [6, 6.07) is 10.4. The number of rotatable bonds is 6. The number of fused-ring (bicyclic) bond motifs is 1. The quantitative estimate of drug-likeness (QED) is 0.482. The van der Waals surface area contributed by atoms with Gasteiger partial charge < -0.3 is 20.4 Å². The zero-order valence-corrected chi connectivity index (χ0v) is 17.4. The summed E-state index contributed by atoms with van der Waals surface area (Å²) in [6.07, 6.45) is 0.212. The summed E-state index contributed by atoms with van der Waals surface area (Å²) in [5.41, 5.74) is 2.79. The lowest BCUT2D eigenvalue weighted by Crippen LogP contribution is -2.36. The molecule has 2 heterocycles. The van der Waals surface area contributed by atoms with Gasteiger partial charge in [-0.1, -0.05) is 18.2 Å². The summed E-state index contributed by atoms with van der Waals surface area (Å²) in [5, 5.41) is 28.5. The summed E-state index contributed by atoms with van der Waals surface area (Å²) < 4.78 is 26.5. The van der Waals surface area contributed by atoms with Crippen molar-refractivity contribution in [2.24, 2.45) is 11.1 Å². The average molecular weight is 449 g/mol. The fraction of sp³-hybridized carbons (Fsp3) is 0.400. The largest absolute Gasteiger partial charge is 0.390 e. The summed E-state index contributed by atoms with van der Waals surface area (Å²) in [7, 11) is -4.14. The number of aliphatic hydroxyl groups excluding tert-OH is 2. The molecule has 4 rings (SSSR count). The maximum absolute atomic E-state index is 13.0. The Hall–Kier alpha value is -2.57. The maximum atomic E-state index is 13.0. The predicted octanol–water partition coefficient (Wildman–Crippen LogP) is 0.0268. The van der Waals surface area contributed by atoms with E-state index in [1.165, 1.54) is 6.20 Å². The van der Waals surface area contributed by atoms with E-state index in [9.17, 15) is 23.4 Å². The Balaban J connectivity index is 1.45. The number of hydrogen-bond donors (Lipinski definition) is 4. The highest BCUT2D eigenvalue weighted by Gasteiger charge is 2.42. The predicted molar refractivity (Wildman–Crippen MR) is 113 cm³/mol. The number of aromatic nitrogens is 1. The van der Waals surface area contributed by atoms with Gasteiger partial charge in [0.2, 0.25) is 0 Å². The van der Waals surface area contributed by atoms with Gasteiger partial charge in [-0.3, -0.25) is 14.0 Å². The van der Waals surface area contributed by atoms with Crippen molar-refractivity contribution in [1.82, 2.24) is 4.98 Å². The first-order valence-electron chi connectivity index (χ1n) is 9.88. The van der Waals surface area contributed by atoms with Gasteiger partial charge >= 0.3 is 10.3 Å². The molecule has 5 N–H and O–H groups in total. The number of carbonyl (C=O) groups excluding carboxylic acids is 1. The number of pyridine rings is 1. The third-order valence-corrected chi connectivity index (χ3v) is 6.18. The number of nitrogens with zero attached hydrogens (tertiary/aromatic N) is 2. The number of carbonyl (C=O) groups is 1. The molecule has 31 heavy (non-hydrogen) atoms. The Bertz CT molecular complexity index is 1080. The van der Waals surface area contributed by atoms with E-state index in [2.05, 4.69) is 14.5 Å². The molecule has 4 atom stereocenters. The van der Waals surface area contributed by atoms with E-state index in [1.54, 1.807) is 17.0 Å². The number of amides is 1. The van der Waals surface area contributed by atoms with Crippen LogP contribution in [0.15, 0.2) is 42.6 Å². The minimum atomic E-state index is -4.14. The number of hydrogen-bond acceptors (Lipinski definition) is 8. The summed E-state index contributed by atoms with van der Waals surface area (Å²) >= 11 is 0. The van der Waals surface area contributed by atoms with Crippen LogP contribution in [-0.2, 0) is 20.9 Å². The Kier molecular flexibility index (Phi) is 5.95. The molecule has 0 saturated heterocycles. The second-order valence-electron chi connectivity index (χ2n) is 7.77. The molecule has 1 aliphatic carbocycles. The highest BCUT2D eigenvalue weighted by Crippen LogP contribution is 2.31. The summed E-state index contributed by atoms with van der Waals surface area (Å²) in [5.74, 6) is -0.838. The lowest BCUT2D eigenvalue weighted by Gasteiger charge is -2.20. The monoisotopic (exact) mass is 448 g/mol. The molecular weight excluding hydrogens is 424 g/mol. The second kappa shape index (κ2) is 8.52. The minimum Gasteiger partial charge on any atom is -0.390 e. The van der Waals surface area contributed by atoms with Gasteiger partial charge in [0.05, 0.1) is 18.8 Å². The fourth-order valence-corrected chi connectivity index (χ4v) is 4.52. The Morgan fingerprint density at radius 3 is 2.81 bits per heavy atom. The third-order valence-electron chi connectivity index (χ3n) is 5.71. The lowest BCUT2D eigenvalue weighted by molar-refractivity contribution is 0.00781. The number of anilines is 2. The van der Waals surface area contributed by atoms with E-state index in [1.807, 2.05) is 24.3 Å². The molecule has 11 heteroatoms. The number of aliphatic hydroxyl groups is 2. The van der Waals surface area contributed by atoms with Gasteiger partial charge in [-0.2, -0.15) is 8.42 Å². The number of nitrogens with two attached hydrogens (primary N) is 1. The van der Waals surface area contributed by atoms with Crippen molar-refractivity contribution in [3.63, 3.8) is 0 Å². The van der Waals surface area contributed by atoms with E-state index in [4.69, 9.17) is 5.14 Å². The summed E-state index contributed by atoms with van der Waals surface area (Å²) in [4.78, 5) is 18.9. The van der Waals surface area contributed by atoms with Crippen LogP contribution in [0.2, 0.25) is 0 Å². The van der Waals surface area contributed by atoms with Gasteiger partial charge in [-0.15, -0.1) is 0 Å². The van der Waals surface area contributed by atoms with Gasteiger partial charge in [0.25, 0.3) is 5.91 Å². The first kappa shape index (κ1) is 21.7. The van der Waals surface area contributed by atoms with Crippen molar-refractivity contribution < 1.29 is 27.6 Å². The van der Waals surface area contributed by atoms with Gasteiger partial charge in [0.1, 0.15) is 11.8 Å². The number of para-hydroxylation sites is 1. The molecule has 10 nitrogen and oxygen atoms in total. The Morgan fingerprint density at radius 2 is 2.03 bits per heavy atom. The first-order valence-corrected chi connectivity index (χ1v) is 11.4. The molecule has 0 bridgehead atoms. The third kappa shape index (κ3) is 4.70. The molecule has 0 radical (unpaired) electrons. The van der Waals surface area contributed by atoms with E-state index in [-0.39, 0.29) is 24.6 Å². The van der Waals surface area contributed by atoms with E-state index in [0.717, 1.165) is 17.7 Å². The van der Waals surface area contributed by atoms with Gasteiger partial charge in [0.15, 0.2) is 0 Å². The highest BCUT2D eigenvalue weighted by molar-refractivity contribution is 7.84. The highest BCUT2D eigenvalue weighted by atomic mass is 32.2. The van der Waals surface area contributed by atoms with Crippen LogP contribution in [0.4, 0.5) is 11.4 Å². The van der Waals surface area contributed by atoms with Crippen LogP contribution in [0.1, 0.15) is 22.5 Å². The molecule has 2 aromatic rings. The molecule has 1 fully saturated rings. The van der Waals surface area contributed by atoms with Gasteiger partial charge in [-0.05, 0) is 36.6 Å². The van der Waals surface area contributed by atoms with E-state index >= 15 is 0 Å². The second-order valence-corrected chi connectivity index (χ2v) is 8.99. The van der Waals surface area contributed by atoms with Crippen molar-refractivity contribution in [3.05, 3.63) is 53.9 Å². The van der Waals surface area contributed by atoms with Crippen LogP contribution in [0.25, 0.3) is 0 Å². The Labute approximate surface area is 179 Å². The molecule has 1 aliphatic heterocycles. The van der Waals surface area contributed by atoms with Crippen LogP contribution in [-0.4, -0.2) is 60.9 Å². The first-order chi connectivity index (χ1) is 14.7. The molecule has 166 valence electrons. The van der Waals surface area contributed by atoms with E-state index in [0.29, 0.717) is 12.2 Å². The number of nitrogens with one attached hydrogen (secondary N) is 1. The smallest absolute Gasteiger partial charge is 0.333 e. The van der Waals surface area contributed by atoms with Crippen molar-refractivity contribution in [1.29, 1.82) is 0 Å². The molecule has 0 spiro atoms. The normalized spacial score (nSPS) is 25.5. The molecule has 1 aromatic heterocycles. The van der Waals surface area contributed by atoms with Crippen LogP contribution in [0, 0.1) is 5.92 Å². The molecule has 2 aliphatic rings. The molecule has 1 aromatic carbocycles. The number of benzene rings is 1. The molecule has 0 unspecified atom stereocenters. The van der Waals surface area contributed by atoms with Crippen molar-refractivity contribution in [3.8, 4) is 0 Å². The zero-order valence-electron chi connectivity index (χ0n) is 16.6. The fourth-order valence-electron chi connectivity index (χ4n) is 4.15. The molecule has 1 saturated carbocycles. The SMILES string of the molecule is NS(=O)(=O)OC[C@H]1C[C@@H](Nc2ccnc(C(=O)N3CCc4ccccc43)c2)[C@H](O)[C@@H]1O. The topological polar surface area (TPSA) is 155 Å². The Morgan fingerprint density at radius 1 is 1.26 bits per heavy atom. The van der Waals surface area contributed by atoms with Crippen molar-refractivity contribution >= 4 is 27.6 Å². The van der Waals surface area contributed by atoms with Crippen molar-refractivity contribution in [2.45, 2.75) is 31.1 Å². The zero-order chi connectivity index (χ0) is 22.2. The van der Waals surface area contributed by atoms with Crippen LogP contribution in [0.3, 0.4) is 0 Å². The van der Waals surface area contributed by atoms with Crippen LogP contribution < -0.4 is 15.4 Å².